The predicted molar refractivity (Wildman–Crippen MR) is 47.9 cm³/mol. The molecule has 0 aliphatic rings. The van der Waals surface area contributed by atoms with Crippen molar-refractivity contribution in [2.75, 3.05) is 5.73 Å². The van der Waals surface area contributed by atoms with E-state index in [1.54, 1.807) is 6.07 Å². The van der Waals surface area contributed by atoms with Crippen LogP contribution in [0.1, 0.15) is 0 Å². The lowest BCUT2D eigenvalue weighted by molar-refractivity contribution is 0.478. The van der Waals surface area contributed by atoms with Gasteiger partial charge in [-0.1, -0.05) is 0 Å². The molecule has 2 nitrogen and oxygen atoms in total. The predicted octanol–water partition coefficient (Wildman–Crippen LogP) is 2.33. The van der Waals surface area contributed by atoms with E-state index in [-0.39, 0.29) is 17.3 Å². The van der Waals surface area contributed by atoms with Gasteiger partial charge in [0.05, 0.1) is 5.69 Å². The number of benzene rings is 1. The number of nitrogen functional groups attached to an aromatic ring is 1. The van der Waals surface area contributed by atoms with Crippen molar-refractivity contribution >= 4 is 27.1 Å². The molecule has 62 valence electrons. The SMILES string of the molecule is Nc1cc2scc(F)c2cc1O. The standard InChI is InChI=1S/C8H6FNOS/c9-5-3-12-8-2-6(10)7(11)1-4(5)8/h1-3,11H,10H2. The molecule has 1 aromatic heterocycles. The Morgan fingerprint density at radius 2 is 2.17 bits per heavy atom. The molecule has 2 rings (SSSR count). The fourth-order valence-corrected chi connectivity index (χ4v) is 1.88. The van der Waals surface area contributed by atoms with Crippen molar-refractivity contribution < 1.29 is 9.50 Å². The Kier molecular flexibility index (Phi) is 1.44. The minimum absolute atomic E-state index is 0.0696. The fourth-order valence-electron chi connectivity index (χ4n) is 1.05. The van der Waals surface area contributed by atoms with E-state index < -0.39 is 0 Å². The summed E-state index contributed by atoms with van der Waals surface area (Å²) >= 11 is 1.27. The van der Waals surface area contributed by atoms with Crippen LogP contribution in [0.4, 0.5) is 10.1 Å². The normalized spacial score (nSPS) is 10.8. The van der Waals surface area contributed by atoms with Gasteiger partial charge in [0.2, 0.25) is 0 Å². The zero-order valence-corrected chi connectivity index (χ0v) is 6.86. The van der Waals surface area contributed by atoms with Gasteiger partial charge in [0.1, 0.15) is 11.6 Å². The first kappa shape index (κ1) is 7.36. The fraction of sp³-hybridized carbons (Fsp3) is 0. The van der Waals surface area contributed by atoms with Gasteiger partial charge in [-0.25, -0.2) is 4.39 Å². The topological polar surface area (TPSA) is 46.2 Å². The van der Waals surface area contributed by atoms with Gasteiger partial charge in [-0.05, 0) is 12.1 Å². The summed E-state index contributed by atoms with van der Waals surface area (Å²) in [6, 6.07) is 2.91. The van der Waals surface area contributed by atoms with Crippen LogP contribution in [0.5, 0.6) is 5.75 Å². The molecule has 0 saturated heterocycles. The second-order valence-electron chi connectivity index (χ2n) is 2.49. The molecular weight excluding hydrogens is 177 g/mol. The van der Waals surface area contributed by atoms with Crippen molar-refractivity contribution in [2.24, 2.45) is 0 Å². The first-order valence-corrected chi connectivity index (χ1v) is 4.21. The van der Waals surface area contributed by atoms with Gasteiger partial charge in [0.15, 0.2) is 0 Å². The van der Waals surface area contributed by atoms with Crippen molar-refractivity contribution in [1.29, 1.82) is 0 Å². The lowest BCUT2D eigenvalue weighted by Crippen LogP contribution is -1.84. The van der Waals surface area contributed by atoms with Gasteiger partial charge in [-0.2, -0.15) is 0 Å². The first-order valence-electron chi connectivity index (χ1n) is 3.33. The zero-order chi connectivity index (χ0) is 8.72. The second kappa shape index (κ2) is 2.35. The van der Waals surface area contributed by atoms with E-state index in [1.807, 2.05) is 0 Å². The number of phenols is 1. The van der Waals surface area contributed by atoms with E-state index in [2.05, 4.69) is 0 Å². The van der Waals surface area contributed by atoms with Gasteiger partial charge in [0.25, 0.3) is 0 Å². The van der Waals surface area contributed by atoms with E-state index in [0.29, 0.717) is 5.39 Å². The number of halogens is 1. The van der Waals surface area contributed by atoms with Crippen LogP contribution in [0, 0.1) is 5.82 Å². The maximum atomic E-state index is 12.9. The Morgan fingerprint density at radius 1 is 1.42 bits per heavy atom. The highest BCUT2D eigenvalue weighted by Gasteiger charge is 2.06. The molecule has 4 heteroatoms. The quantitative estimate of drug-likeness (QED) is 0.486. The lowest BCUT2D eigenvalue weighted by Gasteiger charge is -1.97. The molecule has 0 spiro atoms. The summed E-state index contributed by atoms with van der Waals surface area (Å²) in [7, 11) is 0. The molecule has 0 fully saturated rings. The molecule has 1 aromatic carbocycles. The maximum Gasteiger partial charge on any atom is 0.141 e. The van der Waals surface area contributed by atoms with E-state index in [1.165, 1.54) is 22.8 Å². The number of aromatic hydroxyl groups is 1. The second-order valence-corrected chi connectivity index (χ2v) is 3.40. The number of anilines is 1. The summed E-state index contributed by atoms with van der Waals surface area (Å²) in [5, 5.41) is 11.0. The van der Waals surface area contributed by atoms with Crippen LogP contribution in [0.3, 0.4) is 0 Å². The van der Waals surface area contributed by atoms with Gasteiger partial charge in [-0.3, -0.25) is 0 Å². The van der Waals surface area contributed by atoms with Crippen LogP contribution in [0.2, 0.25) is 0 Å². The summed E-state index contributed by atoms with van der Waals surface area (Å²) in [6.45, 7) is 0. The minimum atomic E-state index is -0.315. The number of fused-ring (bicyclic) bond motifs is 1. The third-order valence-corrected chi connectivity index (χ3v) is 2.59. The van der Waals surface area contributed by atoms with Crippen LogP contribution in [-0.4, -0.2) is 5.11 Å². The zero-order valence-electron chi connectivity index (χ0n) is 6.04. The average Bonchev–Trinajstić information content (AvgIpc) is 2.35. The summed E-state index contributed by atoms with van der Waals surface area (Å²) in [5.74, 6) is -0.384. The Bertz CT molecular complexity index is 438. The van der Waals surface area contributed by atoms with E-state index in [4.69, 9.17) is 5.73 Å². The summed E-state index contributed by atoms with van der Waals surface area (Å²) < 4.78 is 13.7. The van der Waals surface area contributed by atoms with Crippen molar-refractivity contribution in [2.45, 2.75) is 0 Å². The van der Waals surface area contributed by atoms with E-state index >= 15 is 0 Å². The number of rotatable bonds is 0. The van der Waals surface area contributed by atoms with Gasteiger partial charge < -0.3 is 10.8 Å². The van der Waals surface area contributed by atoms with Crippen LogP contribution in [0.15, 0.2) is 17.5 Å². The molecule has 0 aliphatic heterocycles. The summed E-state index contributed by atoms with van der Waals surface area (Å²) in [4.78, 5) is 0. The lowest BCUT2D eigenvalue weighted by atomic mass is 10.2. The van der Waals surface area contributed by atoms with Gasteiger partial charge in [-0.15, -0.1) is 11.3 Å². The number of thiophene rings is 1. The molecule has 3 N–H and O–H groups in total. The largest absolute Gasteiger partial charge is 0.506 e. The number of nitrogens with two attached hydrogens (primary N) is 1. The highest BCUT2D eigenvalue weighted by molar-refractivity contribution is 7.17. The number of hydrogen-bond donors (Lipinski definition) is 2. The van der Waals surface area contributed by atoms with Crippen molar-refractivity contribution in [3.05, 3.63) is 23.3 Å². The molecular formula is C8H6FNOS. The molecule has 12 heavy (non-hydrogen) atoms. The molecule has 0 bridgehead atoms. The van der Waals surface area contributed by atoms with E-state index in [0.717, 1.165) is 4.70 Å². The Morgan fingerprint density at radius 3 is 2.92 bits per heavy atom. The molecule has 0 aliphatic carbocycles. The summed E-state index contributed by atoms with van der Waals surface area (Å²) in [6.07, 6.45) is 0. The van der Waals surface area contributed by atoms with Gasteiger partial charge in [0, 0.05) is 15.5 Å². The van der Waals surface area contributed by atoms with Crippen molar-refractivity contribution in [1.82, 2.24) is 0 Å². The van der Waals surface area contributed by atoms with E-state index in [9.17, 15) is 9.50 Å². The third-order valence-electron chi connectivity index (χ3n) is 1.68. The first-order chi connectivity index (χ1) is 5.68. The number of phenolic OH excluding ortho intramolecular Hbond substituents is 1. The average molecular weight is 183 g/mol. The molecule has 1 heterocycles. The van der Waals surface area contributed by atoms with Crippen LogP contribution < -0.4 is 5.73 Å². The summed E-state index contributed by atoms with van der Waals surface area (Å²) in [5.41, 5.74) is 5.71. The Labute approximate surface area is 72.1 Å². The highest BCUT2D eigenvalue weighted by Crippen LogP contribution is 2.32. The van der Waals surface area contributed by atoms with Crippen molar-refractivity contribution in [3.63, 3.8) is 0 Å². The van der Waals surface area contributed by atoms with Crippen LogP contribution in [0.25, 0.3) is 10.1 Å². The molecule has 0 saturated carbocycles. The minimum Gasteiger partial charge on any atom is -0.506 e. The molecule has 0 radical (unpaired) electrons. The maximum absolute atomic E-state index is 12.9. The monoisotopic (exact) mass is 183 g/mol. The highest BCUT2D eigenvalue weighted by atomic mass is 32.1. The van der Waals surface area contributed by atoms with Gasteiger partial charge >= 0.3 is 0 Å². The third kappa shape index (κ3) is 0.921. The Balaban J connectivity index is 2.87. The van der Waals surface area contributed by atoms with Crippen molar-refractivity contribution in [3.8, 4) is 5.75 Å². The molecule has 0 atom stereocenters. The van der Waals surface area contributed by atoms with Crippen LogP contribution >= 0.6 is 11.3 Å². The molecule has 0 amide bonds. The molecule has 0 unspecified atom stereocenters. The van der Waals surface area contributed by atoms with Crippen LogP contribution in [-0.2, 0) is 0 Å². The Hall–Kier alpha value is -1.29. The molecule has 2 aromatic rings. The number of hydrogen-bond acceptors (Lipinski definition) is 3. The smallest absolute Gasteiger partial charge is 0.141 e.